The third kappa shape index (κ3) is 3.73. The lowest BCUT2D eigenvalue weighted by Crippen LogP contribution is -2.23. The molecule has 0 saturated carbocycles. The Balaban J connectivity index is 2.15. The van der Waals surface area contributed by atoms with Crippen LogP contribution in [0.3, 0.4) is 0 Å². The van der Waals surface area contributed by atoms with Crippen LogP contribution in [0.15, 0.2) is 18.2 Å². The molecule has 1 aromatic carbocycles. The largest absolute Gasteiger partial charge is 0.490 e. The zero-order valence-corrected chi connectivity index (χ0v) is 12.7. The Hall–Kier alpha value is -1.02. The van der Waals surface area contributed by atoms with Gasteiger partial charge in [-0.15, -0.1) is 0 Å². The van der Waals surface area contributed by atoms with E-state index >= 15 is 0 Å². The minimum atomic E-state index is 0.331. The van der Waals surface area contributed by atoms with Crippen LogP contribution in [0.5, 0.6) is 5.75 Å². The highest BCUT2D eigenvalue weighted by Gasteiger charge is 2.21. The van der Waals surface area contributed by atoms with Gasteiger partial charge in [-0.2, -0.15) is 0 Å². The molecule has 0 amide bonds. The van der Waals surface area contributed by atoms with Crippen molar-refractivity contribution in [3.63, 3.8) is 0 Å². The first-order valence-electron chi connectivity index (χ1n) is 7.63. The number of rotatable bonds is 6. The molecule has 19 heavy (non-hydrogen) atoms. The van der Waals surface area contributed by atoms with Crippen LogP contribution in [-0.4, -0.2) is 12.6 Å². The van der Waals surface area contributed by atoms with Crippen molar-refractivity contribution in [3.05, 3.63) is 29.3 Å². The van der Waals surface area contributed by atoms with Crippen LogP contribution >= 0.6 is 0 Å². The first kappa shape index (κ1) is 14.4. The van der Waals surface area contributed by atoms with Crippen LogP contribution in [0.4, 0.5) is 0 Å². The van der Waals surface area contributed by atoms with Crippen LogP contribution in [-0.2, 0) is 6.42 Å². The van der Waals surface area contributed by atoms with Gasteiger partial charge in [-0.25, -0.2) is 0 Å². The summed E-state index contributed by atoms with van der Waals surface area (Å²) >= 11 is 0. The summed E-state index contributed by atoms with van der Waals surface area (Å²) in [5.74, 6) is 1.79. The fraction of sp³-hybridized carbons (Fsp3) is 0.647. The van der Waals surface area contributed by atoms with E-state index in [2.05, 4.69) is 51.2 Å². The SMILES string of the molecule is CCCNC(CC(C)C)c1ccc2c(c1)CC(C)O2. The van der Waals surface area contributed by atoms with Crippen molar-refractivity contribution in [2.45, 2.75) is 59.1 Å². The molecule has 2 heteroatoms. The van der Waals surface area contributed by atoms with Gasteiger partial charge in [0.05, 0.1) is 0 Å². The Bertz CT molecular complexity index is 414. The standard InChI is InChI=1S/C17H27NO/c1-5-8-18-16(9-12(2)3)14-6-7-17-15(11-14)10-13(4)19-17/h6-7,11-13,16,18H,5,8-10H2,1-4H3. The lowest BCUT2D eigenvalue weighted by atomic mass is 9.95. The topological polar surface area (TPSA) is 21.3 Å². The molecule has 1 N–H and O–H groups in total. The van der Waals surface area contributed by atoms with Gasteiger partial charge in [-0.1, -0.05) is 32.9 Å². The molecule has 1 aliphatic rings. The molecular weight excluding hydrogens is 234 g/mol. The maximum atomic E-state index is 5.78. The zero-order chi connectivity index (χ0) is 13.8. The van der Waals surface area contributed by atoms with Gasteiger partial charge in [-0.05, 0) is 49.4 Å². The van der Waals surface area contributed by atoms with E-state index in [9.17, 15) is 0 Å². The molecule has 0 bridgehead atoms. The molecule has 1 aromatic rings. The summed E-state index contributed by atoms with van der Waals surface area (Å²) in [5.41, 5.74) is 2.79. The predicted octanol–water partition coefficient (Wildman–Crippen LogP) is 4.10. The second kappa shape index (κ2) is 6.42. The van der Waals surface area contributed by atoms with Crippen molar-refractivity contribution in [1.82, 2.24) is 5.32 Å². The number of hydrogen-bond donors (Lipinski definition) is 1. The van der Waals surface area contributed by atoms with E-state index in [-0.39, 0.29) is 0 Å². The second-order valence-electron chi connectivity index (χ2n) is 6.14. The van der Waals surface area contributed by atoms with Crippen LogP contribution in [0.25, 0.3) is 0 Å². The lowest BCUT2D eigenvalue weighted by Gasteiger charge is -2.21. The Morgan fingerprint density at radius 3 is 2.84 bits per heavy atom. The average Bonchev–Trinajstić information content (AvgIpc) is 2.73. The number of hydrogen-bond acceptors (Lipinski definition) is 2. The highest BCUT2D eigenvalue weighted by Crippen LogP contribution is 2.32. The number of fused-ring (bicyclic) bond motifs is 1. The highest BCUT2D eigenvalue weighted by molar-refractivity contribution is 5.41. The summed E-state index contributed by atoms with van der Waals surface area (Å²) in [6.07, 6.45) is 3.75. The molecule has 1 heterocycles. The van der Waals surface area contributed by atoms with Crippen LogP contribution in [0, 0.1) is 5.92 Å². The van der Waals surface area contributed by atoms with Crippen molar-refractivity contribution in [3.8, 4) is 5.75 Å². The molecule has 0 aromatic heterocycles. The molecule has 0 radical (unpaired) electrons. The Morgan fingerprint density at radius 1 is 1.37 bits per heavy atom. The van der Waals surface area contributed by atoms with E-state index < -0.39 is 0 Å². The molecule has 0 spiro atoms. The molecule has 2 rings (SSSR count). The Morgan fingerprint density at radius 2 is 2.16 bits per heavy atom. The van der Waals surface area contributed by atoms with Crippen molar-refractivity contribution < 1.29 is 4.74 Å². The van der Waals surface area contributed by atoms with Gasteiger partial charge in [0.2, 0.25) is 0 Å². The molecular formula is C17H27NO. The summed E-state index contributed by atoms with van der Waals surface area (Å²) in [6.45, 7) is 10.0. The minimum absolute atomic E-state index is 0.331. The quantitative estimate of drug-likeness (QED) is 0.832. The average molecular weight is 261 g/mol. The molecule has 0 aliphatic carbocycles. The molecule has 1 aliphatic heterocycles. The van der Waals surface area contributed by atoms with E-state index in [0.717, 1.165) is 18.7 Å². The monoisotopic (exact) mass is 261 g/mol. The van der Waals surface area contributed by atoms with E-state index in [1.807, 2.05) is 0 Å². The van der Waals surface area contributed by atoms with Crippen molar-refractivity contribution in [2.75, 3.05) is 6.54 Å². The van der Waals surface area contributed by atoms with E-state index in [1.165, 1.54) is 24.0 Å². The summed E-state index contributed by atoms with van der Waals surface area (Å²) in [4.78, 5) is 0. The molecule has 106 valence electrons. The van der Waals surface area contributed by atoms with Gasteiger partial charge in [0.25, 0.3) is 0 Å². The van der Waals surface area contributed by atoms with E-state index in [4.69, 9.17) is 4.74 Å². The van der Waals surface area contributed by atoms with Gasteiger partial charge in [0.15, 0.2) is 0 Å². The van der Waals surface area contributed by atoms with Crippen molar-refractivity contribution in [2.24, 2.45) is 5.92 Å². The maximum Gasteiger partial charge on any atom is 0.123 e. The first-order valence-corrected chi connectivity index (χ1v) is 7.63. The minimum Gasteiger partial charge on any atom is -0.490 e. The third-order valence-corrected chi connectivity index (χ3v) is 3.67. The van der Waals surface area contributed by atoms with Gasteiger partial charge in [0.1, 0.15) is 11.9 Å². The summed E-state index contributed by atoms with van der Waals surface area (Å²) in [5, 5.41) is 3.68. The van der Waals surface area contributed by atoms with Crippen LogP contribution < -0.4 is 10.1 Å². The van der Waals surface area contributed by atoms with E-state index in [1.54, 1.807) is 0 Å². The third-order valence-electron chi connectivity index (χ3n) is 3.67. The summed E-state index contributed by atoms with van der Waals surface area (Å²) in [6, 6.07) is 7.19. The number of nitrogens with one attached hydrogen (secondary N) is 1. The fourth-order valence-electron chi connectivity index (χ4n) is 2.79. The molecule has 0 saturated heterocycles. The Labute approximate surface area is 117 Å². The van der Waals surface area contributed by atoms with Crippen LogP contribution in [0.2, 0.25) is 0 Å². The maximum absolute atomic E-state index is 5.78. The van der Waals surface area contributed by atoms with Crippen LogP contribution in [0.1, 0.15) is 57.7 Å². The lowest BCUT2D eigenvalue weighted by molar-refractivity contribution is 0.254. The molecule has 2 unspecified atom stereocenters. The normalized spacial score (nSPS) is 19.3. The van der Waals surface area contributed by atoms with Crippen molar-refractivity contribution in [1.29, 1.82) is 0 Å². The fourth-order valence-corrected chi connectivity index (χ4v) is 2.79. The molecule has 2 atom stereocenters. The number of ether oxygens (including phenoxy) is 1. The molecule has 2 nitrogen and oxygen atoms in total. The van der Waals surface area contributed by atoms with Gasteiger partial charge in [0, 0.05) is 12.5 Å². The van der Waals surface area contributed by atoms with Gasteiger partial charge < -0.3 is 10.1 Å². The van der Waals surface area contributed by atoms with Crippen molar-refractivity contribution >= 4 is 0 Å². The smallest absolute Gasteiger partial charge is 0.123 e. The number of benzene rings is 1. The summed E-state index contributed by atoms with van der Waals surface area (Å²) < 4.78 is 5.78. The Kier molecular flexibility index (Phi) is 4.87. The van der Waals surface area contributed by atoms with Gasteiger partial charge in [-0.3, -0.25) is 0 Å². The molecule has 0 fully saturated rings. The van der Waals surface area contributed by atoms with Gasteiger partial charge >= 0.3 is 0 Å². The van der Waals surface area contributed by atoms with E-state index in [0.29, 0.717) is 18.1 Å². The summed E-state index contributed by atoms with van der Waals surface area (Å²) in [7, 11) is 0. The first-order chi connectivity index (χ1) is 9.10. The zero-order valence-electron chi connectivity index (χ0n) is 12.7. The second-order valence-corrected chi connectivity index (χ2v) is 6.14. The predicted molar refractivity (Wildman–Crippen MR) is 80.7 cm³/mol. The highest BCUT2D eigenvalue weighted by atomic mass is 16.5.